The minimum absolute atomic E-state index is 0.784. The fraction of sp³-hybridized carbons (Fsp3) is 0.643. The van der Waals surface area contributed by atoms with Crippen molar-refractivity contribution in [3.63, 3.8) is 0 Å². The highest BCUT2D eigenvalue weighted by Gasteiger charge is 2.37. The van der Waals surface area contributed by atoms with Crippen molar-refractivity contribution in [3.8, 4) is 0 Å². The van der Waals surface area contributed by atoms with Crippen LogP contribution >= 0.6 is 0 Å². The second-order valence-electron chi connectivity index (χ2n) is 5.55. The summed E-state index contributed by atoms with van der Waals surface area (Å²) in [5.41, 5.74) is 2.45. The third-order valence-electron chi connectivity index (χ3n) is 4.30. The van der Waals surface area contributed by atoms with E-state index in [1.165, 1.54) is 31.5 Å². The highest BCUT2D eigenvalue weighted by molar-refractivity contribution is 5.13. The van der Waals surface area contributed by atoms with Crippen LogP contribution in [0.1, 0.15) is 24.1 Å². The first-order valence-corrected chi connectivity index (χ1v) is 6.58. The number of aryl methyl sites for hydroxylation is 1. The number of likely N-dealkylation sites (N-methyl/N-ethyl adjacent to an activating group) is 1. The van der Waals surface area contributed by atoms with Gasteiger partial charge in [-0.25, -0.2) is 0 Å². The van der Waals surface area contributed by atoms with Gasteiger partial charge in [0.25, 0.3) is 0 Å². The third kappa shape index (κ3) is 2.22. The van der Waals surface area contributed by atoms with E-state index < -0.39 is 0 Å². The van der Waals surface area contributed by atoms with E-state index in [4.69, 9.17) is 0 Å². The number of likely N-dealkylation sites (tertiary alicyclic amines) is 1. The van der Waals surface area contributed by atoms with Crippen LogP contribution in [0.4, 0.5) is 0 Å². The predicted octanol–water partition coefficient (Wildman–Crippen LogP) is 1.67. The van der Waals surface area contributed by atoms with Gasteiger partial charge in [-0.1, -0.05) is 6.07 Å². The number of fused-ring (bicyclic) bond motifs is 2. The molecule has 17 heavy (non-hydrogen) atoms. The molecular formula is C14H21N3. The molecule has 1 aromatic rings. The van der Waals surface area contributed by atoms with Crippen LogP contribution in [0.2, 0.25) is 0 Å². The Morgan fingerprint density at radius 2 is 1.94 bits per heavy atom. The lowest BCUT2D eigenvalue weighted by atomic mass is 10.1. The van der Waals surface area contributed by atoms with Crippen LogP contribution < -0.4 is 0 Å². The molecule has 0 amide bonds. The zero-order valence-corrected chi connectivity index (χ0v) is 10.8. The smallest absolute Gasteiger partial charge is 0.0372 e. The number of nitrogens with zero attached hydrogens (tertiary/aromatic N) is 3. The second-order valence-corrected chi connectivity index (χ2v) is 5.55. The number of piperazine rings is 1. The van der Waals surface area contributed by atoms with Crippen LogP contribution in [-0.4, -0.2) is 47.0 Å². The monoisotopic (exact) mass is 231 g/mol. The van der Waals surface area contributed by atoms with Gasteiger partial charge in [0, 0.05) is 43.6 Å². The Morgan fingerprint density at radius 1 is 1.24 bits per heavy atom. The Kier molecular flexibility index (Phi) is 2.89. The van der Waals surface area contributed by atoms with Crippen molar-refractivity contribution >= 4 is 0 Å². The number of pyridine rings is 1. The van der Waals surface area contributed by atoms with E-state index in [0.717, 1.165) is 24.3 Å². The van der Waals surface area contributed by atoms with Gasteiger partial charge in [0.1, 0.15) is 0 Å². The molecule has 0 N–H and O–H groups in total. The van der Waals surface area contributed by atoms with Crippen LogP contribution in [-0.2, 0) is 6.54 Å². The summed E-state index contributed by atoms with van der Waals surface area (Å²) in [5.74, 6) is 0. The highest BCUT2D eigenvalue weighted by Crippen LogP contribution is 2.28. The number of hydrogen-bond acceptors (Lipinski definition) is 3. The summed E-state index contributed by atoms with van der Waals surface area (Å²) < 4.78 is 0. The van der Waals surface area contributed by atoms with Gasteiger partial charge < -0.3 is 0 Å². The van der Waals surface area contributed by atoms with Crippen LogP contribution in [0, 0.1) is 6.92 Å². The van der Waals surface area contributed by atoms with Gasteiger partial charge in [-0.3, -0.25) is 14.8 Å². The molecule has 0 aromatic carbocycles. The number of hydrogen-bond donors (Lipinski definition) is 0. The summed E-state index contributed by atoms with van der Waals surface area (Å²) in [5, 5.41) is 0. The number of aromatic nitrogens is 1. The predicted molar refractivity (Wildman–Crippen MR) is 68.8 cm³/mol. The van der Waals surface area contributed by atoms with E-state index in [-0.39, 0.29) is 0 Å². The van der Waals surface area contributed by atoms with Gasteiger partial charge in [-0.2, -0.15) is 0 Å². The Balaban J connectivity index is 1.65. The van der Waals surface area contributed by atoms with Crippen molar-refractivity contribution in [3.05, 3.63) is 29.6 Å². The molecule has 2 fully saturated rings. The maximum absolute atomic E-state index is 4.38. The summed E-state index contributed by atoms with van der Waals surface area (Å²) in [6.07, 6.45) is 4.78. The molecule has 2 unspecified atom stereocenters. The van der Waals surface area contributed by atoms with Gasteiger partial charge >= 0.3 is 0 Å². The van der Waals surface area contributed by atoms with E-state index >= 15 is 0 Å². The number of rotatable bonds is 2. The first-order chi connectivity index (χ1) is 8.22. The molecule has 92 valence electrons. The van der Waals surface area contributed by atoms with E-state index in [0.29, 0.717) is 0 Å². The van der Waals surface area contributed by atoms with Gasteiger partial charge in [-0.05, 0) is 38.4 Å². The van der Waals surface area contributed by atoms with Crippen LogP contribution in [0.25, 0.3) is 0 Å². The van der Waals surface area contributed by atoms with Crippen molar-refractivity contribution < 1.29 is 0 Å². The molecule has 0 saturated carbocycles. The maximum Gasteiger partial charge on any atom is 0.0372 e. The summed E-state index contributed by atoms with van der Waals surface area (Å²) >= 11 is 0. The van der Waals surface area contributed by atoms with Crippen molar-refractivity contribution in [1.82, 2.24) is 14.8 Å². The van der Waals surface area contributed by atoms with Crippen molar-refractivity contribution in [2.75, 3.05) is 20.1 Å². The molecule has 2 aliphatic heterocycles. The minimum Gasteiger partial charge on any atom is -0.298 e. The Hall–Kier alpha value is -0.930. The Bertz CT molecular complexity index is 373. The molecule has 0 radical (unpaired) electrons. The van der Waals surface area contributed by atoms with Crippen LogP contribution in [0.3, 0.4) is 0 Å². The lowest BCUT2D eigenvalue weighted by Gasteiger charge is -2.38. The average molecular weight is 231 g/mol. The summed E-state index contributed by atoms with van der Waals surface area (Å²) in [4.78, 5) is 9.54. The molecule has 3 heterocycles. The van der Waals surface area contributed by atoms with E-state index in [2.05, 4.69) is 34.0 Å². The van der Waals surface area contributed by atoms with E-state index in [1.807, 2.05) is 13.1 Å². The van der Waals surface area contributed by atoms with Crippen molar-refractivity contribution in [2.24, 2.45) is 0 Å². The molecule has 2 bridgehead atoms. The second kappa shape index (κ2) is 4.39. The summed E-state index contributed by atoms with van der Waals surface area (Å²) in [6, 6.07) is 5.89. The molecule has 1 aromatic heterocycles. The lowest BCUT2D eigenvalue weighted by molar-refractivity contribution is 0.0837. The molecule has 3 nitrogen and oxygen atoms in total. The fourth-order valence-electron chi connectivity index (χ4n) is 3.18. The molecule has 3 rings (SSSR count). The Labute approximate surface area is 103 Å². The largest absolute Gasteiger partial charge is 0.298 e. The first kappa shape index (κ1) is 11.2. The van der Waals surface area contributed by atoms with Gasteiger partial charge in [0.05, 0.1) is 0 Å². The molecule has 0 spiro atoms. The standard InChI is InChI=1S/C14H21N3/c1-11-3-4-12(7-15-11)8-17-9-13-5-6-14(10-17)16(13)2/h3-4,7,13-14H,5-6,8-10H2,1-2H3. The minimum atomic E-state index is 0.784. The van der Waals surface area contributed by atoms with Crippen molar-refractivity contribution in [2.45, 2.75) is 38.4 Å². The maximum atomic E-state index is 4.38. The summed E-state index contributed by atoms with van der Waals surface area (Å²) in [6.45, 7) is 5.55. The third-order valence-corrected chi connectivity index (χ3v) is 4.30. The molecular weight excluding hydrogens is 210 g/mol. The molecule has 3 heteroatoms. The Morgan fingerprint density at radius 3 is 2.53 bits per heavy atom. The normalized spacial score (nSPS) is 29.8. The molecule has 2 saturated heterocycles. The van der Waals surface area contributed by atoms with Crippen LogP contribution in [0.15, 0.2) is 18.3 Å². The highest BCUT2D eigenvalue weighted by atomic mass is 15.3. The zero-order valence-electron chi connectivity index (χ0n) is 10.8. The SMILES string of the molecule is Cc1ccc(CN2CC3CCC(C2)N3C)cn1. The topological polar surface area (TPSA) is 19.4 Å². The molecule has 2 atom stereocenters. The molecule has 0 aliphatic carbocycles. The lowest BCUT2D eigenvalue weighted by Crippen LogP contribution is -2.51. The van der Waals surface area contributed by atoms with Gasteiger partial charge in [0.2, 0.25) is 0 Å². The fourth-order valence-corrected chi connectivity index (χ4v) is 3.18. The van der Waals surface area contributed by atoms with Crippen molar-refractivity contribution in [1.29, 1.82) is 0 Å². The summed E-state index contributed by atoms with van der Waals surface area (Å²) in [7, 11) is 2.28. The van der Waals surface area contributed by atoms with Gasteiger partial charge in [0.15, 0.2) is 0 Å². The average Bonchev–Trinajstić information content (AvgIpc) is 2.55. The molecule has 2 aliphatic rings. The van der Waals surface area contributed by atoms with Gasteiger partial charge in [-0.15, -0.1) is 0 Å². The van der Waals surface area contributed by atoms with E-state index in [1.54, 1.807) is 0 Å². The van der Waals surface area contributed by atoms with Crippen LogP contribution in [0.5, 0.6) is 0 Å². The quantitative estimate of drug-likeness (QED) is 0.772. The zero-order chi connectivity index (χ0) is 11.8. The van der Waals surface area contributed by atoms with E-state index in [9.17, 15) is 0 Å². The first-order valence-electron chi connectivity index (χ1n) is 6.58.